The molecule has 0 fully saturated rings. The molecule has 0 radical (unpaired) electrons. The molecule has 0 spiro atoms. The summed E-state index contributed by atoms with van der Waals surface area (Å²) in [6.07, 6.45) is 0. The van der Waals surface area contributed by atoms with Gasteiger partial charge in [0, 0.05) is 33.2 Å². The Bertz CT molecular complexity index is 3640. The van der Waals surface area contributed by atoms with E-state index in [2.05, 4.69) is 223 Å². The molecule has 0 amide bonds. The van der Waals surface area contributed by atoms with E-state index in [1.54, 1.807) is 0 Å². The van der Waals surface area contributed by atoms with Gasteiger partial charge in [-0.2, -0.15) is 0 Å². The van der Waals surface area contributed by atoms with Crippen molar-refractivity contribution in [3.05, 3.63) is 237 Å². The normalized spacial score (nSPS) is 11.5. The number of rotatable bonds is 7. The lowest BCUT2D eigenvalue weighted by Crippen LogP contribution is -1.96. The standard InChI is InChI=1S/C60H39N3/c1-3-12-40(13-4-1)49-30-34-58-54(37-49)55-38-50(48-27-24-41-14-7-8-18-47(41)36-48)31-35-59(55)63(58)51-32-28-43(29-33-51)42-22-25-45(26-23-42)56-39-57(62-60(61-56)46-16-5-2-6-17-46)53-21-11-19-44-15-9-10-20-52(44)53/h1-39H. The topological polar surface area (TPSA) is 30.7 Å². The Balaban J connectivity index is 0.915. The maximum atomic E-state index is 5.11. The first kappa shape index (κ1) is 36.5. The van der Waals surface area contributed by atoms with E-state index in [1.807, 2.05) is 18.2 Å². The third-order valence-corrected chi connectivity index (χ3v) is 12.4. The van der Waals surface area contributed by atoms with Crippen LogP contribution < -0.4 is 0 Å². The molecule has 0 unspecified atom stereocenters. The molecule has 294 valence electrons. The summed E-state index contributed by atoms with van der Waals surface area (Å²) in [7, 11) is 0. The second kappa shape index (κ2) is 15.3. The summed E-state index contributed by atoms with van der Waals surface area (Å²) in [6.45, 7) is 0. The molecule has 0 aliphatic carbocycles. The van der Waals surface area contributed by atoms with Gasteiger partial charge in [-0.1, -0.05) is 188 Å². The minimum atomic E-state index is 0.710. The fraction of sp³-hybridized carbons (Fsp3) is 0. The zero-order valence-electron chi connectivity index (χ0n) is 34.4. The number of aromatic nitrogens is 3. The SMILES string of the molecule is c1ccc(-c2ccc3c(c2)c2cc(-c4ccc5ccccc5c4)ccc2n3-c2ccc(-c3ccc(-c4cc(-c5cccc6ccccc56)nc(-c5ccccc5)n4)cc3)cc2)cc1. The molecule has 0 aliphatic rings. The Labute approximate surface area is 365 Å². The first-order valence-electron chi connectivity index (χ1n) is 21.5. The van der Waals surface area contributed by atoms with Gasteiger partial charge in [-0.05, 0) is 103 Å². The van der Waals surface area contributed by atoms with Gasteiger partial charge < -0.3 is 4.57 Å². The molecule has 0 saturated heterocycles. The van der Waals surface area contributed by atoms with Crippen molar-refractivity contribution in [1.29, 1.82) is 0 Å². The minimum absolute atomic E-state index is 0.710. The Morgan fingerprint density at radius 2 is 0.762 bits per heavy atom. The van der Waals surface area contributed by atoms with Gasteiger partial charge in [0.25, 0.3) is 0 Å². The second-order valence-electron chi connectivity index (χ2n) is 16.2. The highest BCUT2D eigenvalue weighted by atomic mass is 15.0. The van der Waals surface area contributed by atoms with Crippen LogP contribution in [0.1, 0.15) is 0 Å². The lowest BCUT2D eigenvalue weighted by Gasteiger charge is -2.12. The number of hydrogen-bond donors (Lipinski definition) is 0. The quantitative estimate of drug-likeness (QED) is 0.161. The van der Waals surface area contributed by atoms with Crippen molar-refractivity contribution in [3.8, 4) is 73.0 Å². The van der Waals surface area contributed by atoms with E-state index in [-0.39, 0.29) is 0 Å². The van der Waals surface area contributed by atoms with Gasteiger partial charge in [-0.3, -0.25) is 0 Å². The number of hydrogen-bond acceptors (Lipinski definition) is 2. The first-order valence-corrected chi connectivity index (χ1v) is 21.5. The van der Waals surface area contributed by atoms with Crippen molar-refractivity contribution in [2.75, 3.05) is 0 Å². The Morgan fingerprint density at radius 1 is 0.270 bits per heavy atom. The molecule has 0 N–H and O–H groups in total. The van der Waals surface area contributed by atoms with Crippen molar-refractivity contribution in [3.63, 3.8) is 0 Å². The van der Waals surface area contributed by atoms with E-state index < -0.39 is 0 Å². The van der Waals surface area contributed by atoms with Gasteiger partial charge in [0.2, 0.25) is 0 Å². The molecule has 12 rings (SSSR count). The largest absolute Gasteiger partial charge is 0.309 e. The molecule has 3 nitrogen and oxygen atoms in total. The van der Waals surface area contributed by atoms with Gasteiger partial charge in [0.05, 0.1) is 22.4 Å². The third kappa shape index (κ3) is 6.64. The number of nitrogens with zero attached hydrogens (tertiary/aromatic N) is 3. The molecule has 0 aliphatic heterocycles. The molecule has 2 aromatic heterocycles. The zero-order chi connectivity index (χ0) is 41.7. The molecule has 10 aromatic carbocycles. The fourth-order valence-corrected chi connectivity index (χ4v) is 9.19. The predicted octanol–water partition coefficient (Wildman–Crippen LogP) is 15.9. The number of fused-ring (bicyclic) bond motifs is 5. The van der Waals surface area contributed by atoms with E-state index in [4.69, 9.17) is 9.97 Å². The summed E-state index contributed by atoms with van der Waals surface area (Å²) < 4.78 is 2.41. The molecule has 3 heteroatoms. The van der Waals surface area contributed by atoms with Crippen LogP contribution in [0.4, 0.5) is 0 Å². The summed E-state index contributed by atoms with van der Waals surface area (Å²) >= 11 is 0. The monoisotopic (exact) mass is 801 g/mol. The summed E-state index contributed by atoms with van der Waals surface area (Å²) in [5.74, 6) is 0.710. The number of benzene rings is 10. The zero-order valence-corrected chi connectivity index (χ0v) is 34.4. The highest BCUT2D eigenvalue weighted by Crippen LogP contribution is 2.39. The van der Waals surface area contributed by atoms with E-state index in [9.17, 15) is 0 Å². The fourth-order valence-electron chi connectivity index (χ4n) is 9.19. The van der Waals surface area contributed by atoms with Gasteiger partial charge >= 0.3 is 0 Å². The molecule has 0 bridgehead atoms. The van der Waals surface area contributed by atoms with Crippen molar-refractivity contribution in [1.82, 2.24) is 14.5 Å². The van der Waals surface area contributed by atoms with Crippen LogP contribution in [0.2, 0.25) is 0 Å². The van der Waals surface area contributed by atoms with Crippen LogP contribution in [0.25, 0.3) is 116 Å². The van der Waals surface area contributed by atoms with Crippen LogP contribution in [-0.2, 0) is 0 Å². The van der Waals surface area contributed by atoms with Crippen LogP contribution in [0.15, 0.2) is 237 Å². The predicted molar refractivity (Wildman–Crippen MR) is 264 cm³/mol. The van der Waals surface area contributed by atoms with E-state index in [0.717, 1.165) is 44.9 Å². The third-order valence-electron chi connectivity index (χ3n) is 12.4. The second-order valence-corrected chi connectivity index (χ2v) is 16.2. The van der Waals surface area contributed by atoms with E-state index >= 15 is 0 Å². The van der Waals surface area contributed by atoms with Crippen LogP contribution >= 0.6 is 0 Å². The molecule has 0 saturated carbocycles. The van der Waals surface area contributed by atoms with Crippen molar-refractivity contribution in [2.24, 2.45) is 0 Å². The molecule has 2 heterocycles. The molecule has 0 atom stereocenters. The van der Waals surface area contributed by atoms with Crippen molar-refractivity contribution in [2.45, 2.75) is 0 Å². The summed E-state index contributed by atoms with van der Waals surface area (Å²) in [5.41, 5.74) is 15.5. The molecule has 12 aromatic rings. The Kier molecular flexibility index (Phi) is 8.83. The van der Waals surface area contributed by atoms with Crippen molar-refractivity contribution >= 4 is 43.4 Å². The highest BCUT2D eigenvalue weighted by Gasteiger charge is 2.17. The first-order chi connectivity index (χ1) is 31.2. The lowest BCUT2D eigenvalue weighted by atomic mass is 9.98. The average Bonchev–Trinajstić information content (AvgIpc) is 3.69. The minimum Gasteiger partial charge on any atom is -0.309 e. The van der Waals surface area contributed by atoms with Gasteiger partial charge in [-0.25, -0.2) is 9.97 Å². The lowest BCUT2D eigenvalue weighted by molar-refractivity contribution is 1.18. The van der Waals surface area contributed by atoms with Crippen molar-refractivity contribution < 1.29 is 0 Å². The average molecular weight is 802 g/mol. The summed E-state index contributed by atoms with van der Waals surface area (Å²) in [4.78, 5) is 10.2. The Morgan fingerprint density at radius 3 is 1.48 bits per heavy atom. The summed E-state index contributed by atoms with van der Waals surface area (Å²) in [5, 5.41) is 7.32. The smallest absolute Gasteiger partial charge is 0.160 e. The van der Waals surface area contributed by atoms with Crippen LogP contribution in [0.5, 0.6) is 0 Å². The van der Waals surface area contributed by atoms with E-state index in [0.29, 0.717) is 5.82 Å². The van der Waals surface area contributed by atoms with Crippen LogP contribution in [-0.4, -0.2) is 14.5 Å². The summed E-state index contributed by atoms with van der Waals surface area (Å²) in [6, 6.07) is 84.8. The Hall–Kier alpha value is -8.40. The van der Waals surface area contributed by atoms with Gasteiger partial charge in [0.1, 0.15) is 0 Å². The van der Waals surface area contributed by atoms with E-state index in [1.165, 1.54) is 65.6 Å². The van der Waals surface area contributed by atoms with Crippen LogP contribution in [0, 0.1) is 0 Å². The van der Waals surface area contributed by atoms with Gasteiger partial charge in [0.15, 0.2) is 5.82 Å². The molecular formula is C60H39N3. The maximum Gasteiger partial charge on any atom is 0.160 e. The highest BCUT2D eigenvalue weighted by molar-refractivity contribution is 6.12. The van der Waals surface area contributed by atoms with Crippen LogP contribution in [0.3, 0.4) is 0 Å². The molecule has 63 heavy (non-hydrogen) atoms. The maximum absolute atomic E-state index is 5.11. The van der Waals surface area contributed by atoms with Gasteiger partial charge in [-0.15, -0.1) is 0 Å². The molecular weight excluding hydrogens is 763 g/mol.